The normalized spacial score (nSPS) is 11.4. The summed E-state index contributed by atoms with van der Waals surface area (Å²) in [5.74, 6) is -1.21. The summed E-state index contributed by atoms with van der Waals surface area (Å²) < 4.78 is 28.6. The summed E-state index contributed by atoms with van der Waals surface area (Å²) in [5.41, 5.74) is 0.142. The molecule has 0 amide bonds. The highest BCUT2D eigenvalue weighted by Gasteiger charge is 2.21. The number of benzene rings is 1. The van der Waals surface area contributed by atoms with E-state index < -0.39 is 16.0 Å². The van der Waals surface area contributed by atoms with Gasteiger partial charge in [-0.15, -0.1) is 0 Å². The van der Waals surface area contributed by atoms with Crippen molar-refractivity contribution in [2.45, 2.75) is 4.90 Å². The summed E-state index contributed by atoms with van der Waals surface area (Å²) in [7, 11) is -2.45. The van der Waals surface area contributed by atoms with E-state index in [2.05, 4.69) is 20.7 Å². The molecule has 0 bridgehead atoms. The summed E-state index contributed by atoms with van der Waals surface area (Å²) in [4.78, 5) is 10.8. The van der Waals surface area contributed by atoms with E-state index in [4.69, 9.17) is 16.7 Å². The lowest BCUT2D eigenvalue weighted by atomic mass is 10.3. The number of halogens is 2. The second-order valence-electron chi connectivity index (χ2n) is 4.21. The Morgan fingerprint density at radius 2 is 2.05 bits per heavy atom. The number of aromatic nitrogens is 1. The van der Waals surface area contributed by atoms with Crippen LogP contribution in [0.1, 0.15) is 10.5 Å². The van der Waals surface area contributed by atoms with Gasteiger partial charge >= 0.3 is 5.97 Å². The molecular formula is C12H10BrClN2O4S. The standard InChI is InChI=1S/C12H10BrClN2O4S/c1-16-6-8(5-11(16)12(17)18)21(19,20)15-10-4-7(14)2-3-9(10)13/h2-6,15H,1H3,(H,17,18). The van der Waals surface area contributed by atoms with Gasteiger partial charge in [-0.25, -0.2) is 13.2 Å². The van der Waals surface area contributed by atoms with Gasteiger partial charge in [0, 0.05) is 22.7 Å². The van der Waals surface area contributed by atoms with Crippen molar-refractivity contribution >= 4 is 49.2 Å². The van der Waals surface area contributed by atoms with Crippen LogP contribution in [-0.4, -0.2) is 24.1 Å². The second kappa shape index (κ2) is 5.70. The maximum Gasteiger partial charge on any atom is 0.352 e. The van der Waals surface area contributed by atoms with E-state index in [1.807, 2.05) is 0 Å². The van der Waals surface area contributed by atoms with Crippen LogP contribution in [0, 0.1) is 0 Å². The molecule has 0 atom stereocenters. The predicted octanol–water partition coefficient (Wildman–Crippen LogP) is 2.94. The van der Waals surface area contributed by atoms with Gasteiger partial charge in [-0.2, -0.15) is 0 Å². The summed E-state index contributed by atoms with van der Waals surface area (Å²) in [6.45, 7) is 0. The summed E-state index contributed by atoms with van der Waals surface area (Å²) in [5, 5.41) is 9.32. The molecule has 0 aliphatic heterocycles. The average molecular weight is 394 g/mol. The quantitative estimate of drug-likeness (QED) is 0.836. The fraction of sp³-hybridized carbons (Fsp3) is 0.0833. The molecule has 1 aromatic carbocycles. The molecule has 9 heteroatoms. The lowest BCUT2D eigenvalue weighted by molar-refractivity contribution is 0.0686. The number of carboxylic acids is 1. The molecule has 112 valence electrons. The van der Waals surface area contributed by atoms with E-state index in [0.717, 1.165) is 6.07 Å². The Morgan fingerprint density at radius 3 is 2.62 bits per heavy atom. The Morgan fingerprint density at radius 1 is 1.38 bits per heavy atom. The predicted molar refractivity (Wildman–Crippen MR) is 82.3 cm³/mol. The third-order valence-corrected chi connectivity index (χ3v) is 4.94. The number of rotatable bonds is 4. The lowest BCUT2D eigenvalue weighted by Crippen LogP contribution is -2.12. The zero-order chi connectivity index (χ0) is 15.8. The smallest absolute Gasteiger partial charge is 0.352 e. The van der Waals surface area contributed by atoms with Crippen LogP contribution in [0.5, 0.6) is 0 Å². The van der Waals surface area contributed by atoms with Crippen molar-refractivity contribution in [2.75, 3.05) is 4.72 Å². The minimum Gasteiger partial charge on any atom is -0.477 e. The molecule has 6 nitrogen and oxygen atoms in total. The molecule has 0 radical (unpaired) electrons. The van der Waals surface area contributed by atoms with Gasteiger partial charge in [-0.1, -0.05) is 11.6 Å². The molecule has 0 saturated heterocycles. The highest BCUT2D eigenvalue weighted by molar-refractivity contribution is 9.10. The van der Waals surface area contributed by atoms with Gasteiger partial charge in [0.1, 0.15) is 10.6 Å². The molecule has 2 N–H and O–H groups in total. The minimum atomic E-state index is -3.91. The maximum absolute atomic E-state index is 12.3. The third-order valence-electron chi connectivity index (χ3n) is 2.68. The van der Waals surface area contributed by atoms with Gasteiger partial charge < -0.3 is 9.67 Å². The Balaban J connectivity index is 2.41. The molecule has 0 fully saturated rings. The van der Waals surface area contributed by atoms with E-state index in [-0.39, 0.29) is 16.3 Å². The van der Waals surface area contributed by atoms with Crippen molar-refractivity contribution in [1.29, 1.82) is 0 Å². The number of aryl methyl sites for hydroxylation is 1. The minimum absolute atomic E-state index is 0.125. The molecule has 0 unspecified atom stereocenters. The Labute approximate surface area is 134 Å². The van der Waals surface area contributed by atoms with Gasteiger partial charge in [0.2, 0.25) is 0 Å². The SMILES string of the molecule is Cn1cc(S(=O)(=O)Nc2cc(Cl)ccc2Br)cc1C(=O)O. The highest BCUT2D eigenvalue weighted by atomic mass is 79.9. The van der Waals surface area contributed by atoms with Crippen molar-refractivity contribution in [1.82, 2.24) is 4.57 Å². The molecule has 0 aliphatic carbocycles. The number of carbonyl (C=O) groups is 1. The molecule has 1 aromatic heterocycles. The Kier molecular flexibility index (Phi) is 4.31. The van der Waals surface area contributed by atoms with Crippen LogP contribution in [0.4, 0.5) is 5.69 Å². The van der Waals surface area contributed by atoms with Gasteiger partial charge in [0.05, 0.1) is 5.69 Å². The molecule has 1 heterocycles. The first-order chi connectivity index (χ1) is 9.70. The first kappa shape index (κ1) is 15.9. The third kappa shape index (κ3) is 3.39. The molecule has 0 aliphatic rings. The van der Waals surface area contributed by atoms with E-state index in [1.165, 1.54) is 23.9 Å². The molecule has 2 rings (SSSR count). The van der Waals surface area contributed by atoms with Crippen molar-refractivity contribution in [3.05, 3.63) is 45.7 Å². The van der Waals surface area contributed by atoms with Gasteiger partial charge in [0.15, 0.2) is 0 Å². The van der Waals surface area contributed by atoms with Crippen LogP contribution in [0.15, 0.2) is 39.8 Å². The zero-order valence-electron chi connectivity index (χ0n) is 10.7. The molecule has 0 saturated carbocycles. The average Bonchev–Trinajstić information content (AvgIpc) is 2.77. The van der Waals surface area contributed by atoms with E-state index in [1.54, 1.807) is 12.1 Å². The monoisotopic (exact) mass is 392 g/mol. The highest BCUT2D eigenvalue weighted by Crippen LogP contribution is 2.28. The van der Waals surface area contributed by atoms with Gasteiger partial charge in [-0.3, -0.25) is 4.72 Å². The van der Waals surface area contributed by atoms with Crippen LogP contribution >= 0.6 is 27.5 Å². The number of sulfonamides is 1. The molecule has 2 aromatic rings. The lowest BCUT2D eigenvalue weighted by Gasteiger charge is -2.08. The summed E-state index contributed by atoms with van der Waals surface area (Å²) >= 11 is 9.04. The molecule has 21 heavy (non-hydrogen) atoms. The van der Waals surface area contributed by atoms with Crippen LogP contribution in [0.25, 0.3) is 0 Å². The largest absolute Gasteiger partial charge is 0.477 e. The summed E-state index contributed by atoms with van der Waals surface area (Å²) in [6, 6.07) is 5.75. The first-order valence-corrected chi connectivity index (χ1v) is 8.23. The van der Waals surface area contributed by atoms with Crippen LogP contribution < -0.4 is 4.72 Å². The Bertz CT molecular complexity index is 817. The fourth-order valence-corrected chi connectivity index (χ4v) is 3.46. The number of anilines is 1. The van der Waals surface area contributed by atoms with Gasteiger partial charge in [-0.05, 0) is 40.2 Å². The number of hydrogen-bond acceptors (Lipinski definition) is 3. The molecule has 0 spiro atoms. The van der Waals surface area contributed by atoms with E-state index in [0.29, 0.717) is 9.50 Å². The number of nitrogens with zero attached hydrogens (tertiary/aromatic N) is 1. The maximum atomic E-state index is 12.3. The van der Waals surface area contributed by atoms with Crippen molar-refractivity contribution in [3.63, 3.8) is 0 Å². The van der Waals surface area contributed by atoms with Crippen LogP contribution in [0.2, 0.25) is 5.02 Å². The van der Waals surface area contributed by atoms with Crippen molar-refractivity contribution < 1.29 is 18.3 Å². The summed E-state index contributed by atoms with van der Waals surface area (Å²) in [6.07, 6.45) is 1.23. The fourth-order valence-electron chi connectivity index (χ4n) is 1.67. The molecular weight excluding hydrogens is 384 g/mol. The zero-order valence-corrected chi connectivity index (χ0v) is 13.8. The number of aromatic carboxylic acids is 1. The number of carboxylic acid groups (broad SMARTS) is 1. The second-order valence-corrected chi connectivity index (χ2v) is 7.18. The van der Waals surface area contributed by atoms with E-state index in [9.17, 15) is 13.2 Å². The van der Waals surface area contributed by atoms with Crippen molar-refractivity contribution in [3.8, 4) is 0 Å². The Hall–Kier alpha value is -1.51. The van der Waals surface area contributed by atoms with Gasteiger partial charge in [0.25, 0.3) is 10.0 Å². The first-order valence-electron chi connectivity index (χ1n) is 5.58. The van der Waals surface area contributed by atoms with Crippen LogP contribution in [0.3, 0.4) is 0 Å². The van der Waals surface area contributed by atoms with Crippen LogP contribution in [-0.2, 0) is 17.1 Å². The van der Waals surface area contributed by atoms with E-state index >= 15 is 0 Å². The number of hydrogen-bond donors (Lipinski definition) is 2. The number of nitrogens with one attached hydrogen (secondary N) is 1. The van der Waals surface area contributed by atoms with Crippen molar-refractivity contribution in [2.24, 2.45) is 7.05 Å². The topological polar surface area (TPSA) is 88.4 Å².